The zero-order chi connectivity index (χ0) is 7.11. The van der Waals surface area contributed by atoms with Crippen LogP contribution in [0.25, 0.3) is 0 Å². The van der Waals surface area contributed by atoms with Gasteiger partial charge in [-0.2, -0.15) is 0 Å². The minimum absolute atomic E-state index is 0.297. The molecule has 0 bridgehead atoms. The SMILES string of the molecule is CC(=O)OCCCCF. The van der Waals surface area contributed by atoms with Crippen LogP contribution in [0.15, 0.2) is 0 Å². The monoisotopic (exact) mass is 134 g/mol. The molecule has 0 unspecified atom stereocenters. The van der Waals surface area contributed by atoms with E-state index in [0.29, 0.717) is 19.4 Å². The predicted octanol–water partition coefficient (Wildman–Crippen LogP) is 1.30. The van der Waals surface area contributed by atoms with Crippen molar-refractivity contribution in [2.45, 2.75) is 19.8 Å². The van der Waals surface area contributed by atoms with Crippen molar-refractivity contribution in [3.63, 3.8) is 0 Å². The van der Waals surface area contributed by atoms with E-state index >= 15 is 0 Å². The number of alkyl halides is 1. The van der Waals surface area contributed by atoms with E-state index in [-0.39, 0.29) is 12.6 Å². The van der Waals surface area contributed by atoms with Crippen LogP contribution in [0.4, 0.5) is 4.39 Å². The summed E-state index contributed by atoms with van der Waals surface area (Å²) >= 11 is 0. The number of carbonyl (C=O) groups is 1. The number of esters is 1. The summed E-state index contributed by atoms with van der Waals surface area (Å²) in [6.45, 7) is 1.36. The molecule has 0 aliphatic heterocycles. The highest BCUT2D eigenvalue weighted by atomic mass is 19.1. The van der Waals surface area contributed by atoms with Gasteiger partial charge in [0.2, 0.25) is 0 Å². The van der Waals surface area contributed by atoms with Gasteiger partial charge in [0.1, 0.15) is 0 Å². The van der Waals surface area contributed by atoms with E-state index in [0.717, 1.165) is 0 Å². The molecule has 0 amide bonds. The van der Waals surface area contributed by atoms with Gasteiger partial charge < -0.3 is 4.74 Å². The molecule has 0 aliphatic carbocycles. The van der Waals surface area contributed by atoms with Crippen LogP contribution in [-0.2, 0) is 9.53 Å². The lowest BCUT2D eigenvalue weighted by Gasteiger charge is -1.97. The van der Waals surface area contributed by atoms with Crippen LogP contribution in [0, 0.1) is 0 Å². The van der Waals surface area contributed by atoms with Crippen molar-refractivity contribution < 1.29 is 13.9 Å². The van der Waals surface area contributed by atoms with Crippen molar-refractivity contribution in [1.82, 2.24) is 0 Å². The van der Waals surface area contributed by atoms with Crippen molar-refractivity contribution >= 4 is 5.97 Å². The quantitative estimate of drug-likeness (QED) is 0.428. The van der Waals surface area contributed by atoms with Gasteiger partial charge in [-0.3, -0.25) is 9.18 Å². The molecule has 0 spiro atoms. The van der Waals surface area contributed by atoms with Gasteiger partial charge in [0, 0.05) is 6.92 Å². The molecule has 0 saturated carbocycles. The first-order chi connectivity index (χ1) is 4.27. The molecule has 2 nitrogen and oxygen atoms in total. The van der Waals surface area contributed by atoms with E-state index in [9.17, 15) is 9.18 Å². The van der Waals surface area contributed by atoms with E-state index in [1.54, 1.807) is 0 Å². The number of unbranched alkanes of at least 4 members (excludes halogenated alkanes) is 1. The number of ether oxygens (including phenoxy) is 1. The molecule has 3 heteroatoms. The fraction of sp³-hybridized carbons (Fsp3) is 0.833. The van der Waals surface area contributed by atoms with Gasteiger partial charge in [-0.15, -0.1) is 0 Å². The van der Waals surface area contributed by atoms with Crippen LogP contribution in [0.2, 0.25) is 0 Å². The van der Waals surface area contributed by atoms with Crippen molar-refractivity contribution in [3.8, 4) is 0 Å². The van der Waals surface area contributed by atoms with Gasteiger partial charge >= 0.3 is 5.97 Å². The van der Waals surface area contributed by atoms with Crippen LogP contribution >= 0.6 is 0 Å². The summed E-state index contributed by atoms with van der Waals surface area (Å²) in [6.07, 6.45) is 1.10. The predicted molar refractivity (Wildman–Crippen MR) is 31.8 cm³/mol. The number of halogens is 1. The summed E-state index contributed by atoms with van der Waals surface area (Å²) in [5, 5.41) is 0. The van der Waals surface area contributed by atoms with Crippen LogP contribution in [0.3, 0.4) is 0 Å². The van der Waals surface area contributed by atoms with Crippen molar-refractivity contribution in [3.05, 3.63) is 0 Å². The Balaban J connectivity index is 2.83. The Bertz CT molecular complexity index is 83.1. The van der Waals surface area contributed by atoms with E-state index < -0.39 is 0 Å². The van der Waals surface area contributed by atoms with Crippen LogP contribution < -0.4 is 0 Å². The summed E-state index contributed by atoms with van der Waals surface area (Å²) in [6, 6.07) is 0. The van der Waals surface area contributed by atoms with Crippen LogP contribution in [-0.4, -0.2) is 19.3 Å². The van der Waals surface area contributed by atoms with Crippen molar-refractivity contribution in [1.29, 1.82) is 0 Å². The Labute approximate surface area is 54.0 Å². The lowest BCUT2D eigenvalue weighted by Crippen LogP contribution is -2.00. The van der Waals surface area contributed by atoms with Gasteiger partial charge in [0.25, 0.3) is 0 Å². The lowest BCUT2D eigenvalue weighted by atomic mass is 10.3. The molecule has 0 N–H and O–H groups in total. The largest absolute Gasteiger partial charge is 0.466 e. The molecule has 0 saturated heterocycles. The lowest BCUT2D eigenvalue weighted by molar-refractivity contribution is -0.141. The van der Waals surface area contributed by atoms with Crippen LogP contribution in [0.1, 0.15) is 19.8 Å². The first kappa shape index (κ1) is 8.40. The molecule has 0 aromatic heterocycles. The Hall–Kier alpha value is -0.600. The normalized spacial score (nSPS) is 9.11. The zero-order valence-electron chi connectivity index (χ0n) is 5.52. The highest BCUT2D eigenvalue weighted by molar-refractivity contribution is 5.65. The second-order valence-electron chi connectivity index (χ2n) is 1.74. The fourth-order valence-corrected chi connectivity index (χ4v) is 0.412. The summed E-state index contributed by atoms with van der Waals surface area (Å²) in [7, 11) is 0. The minimum Gasteiger partial charge on any atom is -0.466 e. The maximum absolute atomic E-state index is 11.4. The molecule has 0 aliphatic rings. The molecule has 0 aromatic rings. The molecular weight excluding hydrogens is 123 g/mol. The van der Waals surface area contributed by atoms with Crippen molar-refractivity contribution in [2.24, 2.45) is 0 Å². The molecule has 9 heavy (non-hydrogen) atoms. The highest BCUT2D eigenvalue weighted by Crippen LogP contribution is 1.90. The molecule has 0 rings (SSSR count). The van der Waals surface area contributed by atoms with E-state index in [1.165, 1.54) is 6.92 Å². The third kappa shape index (κ3) is 7.40. The van der Waals surface area contributed by atoms with Gasteiger partial charge in [0.05, 0.1) is 13.3 Å². The third-order valence-corrected chi connectivity index (χ3v) is 0.833. The van der Waals surface area contributed by atoms with E-state index in [1.807, 2.05) is 0 Å². The smallest absolute Gasteiger partial charge is 0.302 e. The molecule has 54 valence electrons. The molecular formula is C6H11FO2. The van der Waals surface area contributed by atoms with Gasteiger partial charge in [-0.05, 0) is 12.8 Å². The molecule has 0 aromatic carbocycles. The topological polar surface area (TPSA) is 26.3 Å². The molecule has 0 atom stereocenters. The maximum Gasteiger partial charge on any atom is 0.302 e. The number of hydrogen-bond acceptors (Lipinski definition) is 2. The average molecular weight is 134 g/mol. The Morgan fingerprint density at radius 2 is 2.22 bits per heavy atom. The first-order valence-electron chi connectivity index (χ1n) is 2.96. The Morgan fingerprint density at radius 3 is 2.67 bits per heavy atom. The minimum atomic E-state index is -0.332. The molecule has 0 fully saturated rings. The number of carbonyl (C=O) groups excluding carboxylic acids is 1. The van der Waals surface area contributed by atoms with Gasteiger partial charge in [-0.1, -0.05) is 0 Å². The highest BCUT2D eigenvalue weighted by Gasteiger charge is 1.90. The number of hydrogen-bond donors (Lipinski definition) is 0. The Morgan fingerprint density at radius 1 is 1.56 bits per heavy atom. The van der Waals surface area contributed by atoms with Crippen LogP contribution in [0.5, 0.6) is 0 Å². The maximum atomic E-state index is 11.4. The summed E-state index contributed by atoms with van der Waals surface area (Å²) in [5.74, 6) is -0.297. The fourth-order valence-electron chi connectivity index (χ4n) is 0.412. The van der Waals surface area contributed by atoms with Crippen molar-refractivity contribution in [2.75, 3.05) is 13.3 Å². The summed E-state index contributed by atoms with van der Waals surface area (Å²) < 4.78 is 15.9. The third-order valence-electron chi connectivity index (χ3n) is 0.833. The van der Waals surface area contributed by atoms with Gasteiger partial charge in [0.15, 0.2) is 0 Å². The zero-order valence-corrected chi connectivity index (χ0v) is 5.52. The second kappa shape index (κ2) is 5.54. The average Bonchev–Trinajstić information content (AvgIpc) is 1.80. The summed E-state index contributed by atoms with van der Waals surface area (Å²) in [4.78, 5) is 10.1. The Kier molecular flexibility index (Phi) is 5.17. The first-order valence-corrected chi connectivity index (χ1v) is 2.96. The van der Waals surface area contributed by atoms with Gasteiger partial charge in [-0.25, -0.2) is 0 Å². The molecule has 0 radical (unpaired) electrons. The van der Waals surface area contributed by atoms with E-state index in [4.69, 9.17) is 0 Å². The second-order valence-corrected chi connectivity index (χ2v) is 1.74. The number of rotatable bonds is 4. The summed E-state index contributed by atoms with van der Waals surface area (Å²) in [5.41, 5.74) is 0. The van der Waals surface area contributed by atoms with E-state index in [2.05, 4.69) is 4.74 Å². The molecule has 0 heterocycles. The standard InChI is InChI=1S/C6H11FO2/c1-6(8)9-5-3-2-4-7/h2-5H2,1H3.